The number of hydrogen-bond acceptors (Lipinski definition) is 4. The van der Waals surface area contributed by atoms with E-state index in [1.165, 1.54) is 29.0 Å². The second-order valence-electron chi connectivity index (χ2n) is 6.10. The fourth-order valence-electron chi connectivity index (χ4n) is 3.27. The molecule has 23 heavy (non-hydrogen) atoms. The number of benzene rings is 2. The number of anilines is 1. The number of nitrogens with zero attached hydrogens (tertiary/aromatic N) is 1. The molecule has 0 saturated heterocycles. The van der Waals surface area contributed by atoms with Gasteiger partial charge in [0.05, 0.1) is 25.4 Å². The van der Waals surface area contributed by atoms with Crippen molar-refractivity contribution in [3.63, 3.8) is 0 Å². The highest BCUT2D eigenvalue weighted by atomic mass is 32.2. The minimum absolute atomic E-state index is 0.336. The van der Waals surface area contributed by atoms with Crippen molar-refractivity contribution in [3.05, 3.63) is 48.0 Å². The second-order valence-corrected chi connectivity index (χ2v) is 7.16. The summed E-state index contributed by atoms with van der Waals surface area (Å²) >= 11 is 1.79. The molecular formula is C19H21NO2S. The highest BCUT2D eigenvalue weighted by molar-refractivity contribution is 8.01. The van der Waals surface area contributed by atoms with E-state index in [-0.39, 0.29) is 0 Å². The minimum Gasteiger partial charge on any atom is -0.493 e. The highest BCUT2D eigenvalue weighted by Gasteiger charge is 2.23. The van der Waals surface area contributed by atoms with Crippen LogP contribution in [0.5, 0.6) is 11.5 Å². The zero-order valence-electron chi connectivity index (χ0n) is 13.3. The average molecular weight is 327 g/mol. The Labute approximate surface area is 141 Å². The van der Waals surface area contributed by atoms with Crippen LogP contribution in [0.4, 0.5) is 5.69 Å². The van der Waals surface area contributed by atoms with Crippen LogP contribution in [-0.2, 0) is 6.54 Å². The highest BCUT2D eigenvalue weighted by Crippen LogP contribution is 2.42. The summed E-state index contributed by atoms with van der Waals surface area (Å²) in [5.41, 5.74) is 2.55. The van der Waals surface area contributed by atoms with Crippen LogP contribution in [-0.4, -0.2) is 13.2 Å². The Hall–Kier alpha value is -1.81. The number of hydrogen-bond donors (Lipinski definition) is 0. The van der Waals surface area contributed by atoms with Crippen LogP contribution in [0.25, 0.3) is 0 Å². The fraction of sp³-hybridized carbons (Fsp3) is 0.368. The van der Waals surface area contributed by atoms with Crippen molar-refractivity contribution in [1.82, 2.24) is 0 Å². The molecule has 120 valence electrons. The maximum Gasteiger partial charge on any atom is 0.163 e. The molecule has 0 spiro atoms. The smallest absolute Gasteiger partial charge is 0.163 e. The number of fused-ring (bicyclic) bond motifs is 1. The van der Waals surface area contributed by atoms with E-state index in [9.17, 15) is 0 Å². The van der Waals surface area contributed by atoms with Crippen LogP contribution < -0.4 is 13.8 Å². The normalized spacial score (nSPS) is 17.3. The number of rotatable bonds is 4. The molecule has 0 N–H and O–H groups in total. The Kier molecular flexibility index (Phi) is 4.08. The molecule has 3 nitrogen and oxygen atoms in total. The van der Waals surface area contributed by atoms with Crippen molar-refractivity contribution < 1.29 is 9.47 Å². The summed E-state index contributed by atoms with van der Waals surface area (Å²) in [6.07, 6.45) is 5.17. The molecule has 1 fully saturated rings. The molecule has 1 aliphatic heterocycles. The van der Waals surface area contributed by atoms with Crippen molar-refractivity contribution in [2.45, 2.75) is 43.2 Å². The van der Waals surface area contributed by atoms with Crippen molar-refractivity contribution >= 4 is 17.6 Å². The average Bonchev–Trinajstić information content (AvgIpc) is 3.23. The van der Waals surface area contributed by atoms with E-state index >= 15 is 0 Å². The number of ether oxygens (including phenoxy) is 2. The first kappa shape index (κ1) is 14.8. The van der Waals surface area contributed by atoms with E-state index in [2.05, 4.69) is 40.7 Å². The molecule has 4 heteroatoms. The van der Waals surface area contributed by atoms with Crippen molar-refractivity contribution in [1.29, 1.82) is 0 Å². The molecule has 0 unspecified atom stereocenters. The Morgan fingerprint density at radius 2 is 1.87 bits per heavy atom. The summed E-state index contributed by atoms with van der Waals surface area (Å²) in [5.74, 6) is 1.69. The molecule has 0 aromatic heterocycles. The van der Waals surface area contributed by atoms with Gasteiger partial charge in [-0.3, -0.25) is 0 Å². The SMILES string of the molecule is COc1ccc(N2Cc3ccccc3S2)cc1OC1CCCC1. The molecule has 2 aromatic carbocycles. The van der Waals surface area contributed by atoms with Gasteiger partial charge in [-0.05, 0) is 61.4 Å². The van der Waals surface area contributed by atoms with Gasteiger partial charge < -0.3 is 13.8 Å². The molecule has 0 radical (unpaired) electrons. The van der Waals surface area contributed by atoms with Gasteiger partial charge in [0.1, 0.15) is 0 Å². The van der Waals surface area contributed by atoms with Crippen LogP contribution in [0.15, 0.2) is 47.4 Å². The summed E-state index contributed by atoms with van der Waals surface area (Å²) in [4.78, 5) is 1.33. The van der Waals surface area contributed by atoms with Gasteiger partial charge in [0.25, 0.3) is 0 Å². The largest absolute Gasteiger partial charge is 0.493 e. The fourth-order valence-corrected chi connectivity index (χ4v) is 4.32. The lowest BCUT2D eigenvalue weighted by atomic mass is 10.2. The van der Waals surface area contributed by atoms with Gasteiger partial charge in [-0.2, -0.15) is 0 Å². The van der Waals surface area contributed by atoms with Gasteiger partial charge in [0.2, 0.25) is 0 Å². The molecule has 2 aliphatic rings. The maximum absolute atomic E-state index is 6.21. The first-order chi connectivity index (χ1) is 11.3. The van der Waals surface area contributed by atoms with Gasteiger partial charge in [-0.1, -0.05) is 18.2 Å². The first-order valence-corrected chi connectivity index (χ1v) is 8.99. The third-order valence-corrected chi connectivity index (χ3v) is 5.68. The third kappa shape index (κ3) is 3.00. The monoisotopic (exact) mass is 327 g/mol. The van der Waals surface area contributed by atoms with Gasteiger partial charge in [0.15, 0.2) is 11.5 Å². The quantitative estimate of drug-likeness (QED) is 0.733. The minimum atomic E-state index is 0.336. The summed E-state index contributed by atoms with van der Waals surface area (Å²) in [6, 6.07) is 14.8. The Morgan fingerprint density at radius 1 is 1.04 bits per heavy atom. The summed E-state index contributed by atoms with van der Waals surface area (Å²) < 4.78 is 14.0. The predicted molar refractivity (Wildman–Crippen MR) is 94.4 cm³/mol. The van der Waals surface area contributed by atoms with Crippen LogP contribution in [0, 0.1) is 0 Å². The van der Waals surface area contributed by atoms with Gasteiger partial charge in [-0.25, -0.2) is 0 Å². The Balaban J connectivity index is 1.57. The Bertz CT molecular complexity index is 673. The van der Waals surface area contributed by atoms with Crippen molar-refractivity contribution in [3.8, 4) is 11.5 Å². The number of methoxy groups -OCH3 is 1. The van der Waals surface area contributed by atoms with E-state index in [0.717, 1.165) is 30.9 Å². The first-order valence-electron chi connectivity index (χ1n) is 8.21. The van der Waals surface area contributed by atoms with Crippen LogP contribution in [0.2, 0.25) is 0 Å². The van der Waals surface area contributed by atoms with Gasteiger partial charge in [-0.15, -0.1) is 0 Å². The topological polar surface area (TPSA) is 21.7 Å². The second kappa shape index (κ2) is 6.36. The van der Waals surface area contributed by atoms with Crippen molar-refractivity contribution in [2.24, 2.45) is 0 Å². The summed E-state index contributed by atoms with van der Waals surface area (Å²) in [5, 5.41) is 0. The molecule has 1 saturated carbocycles. The third-order valence-electron chi connectivity index (χ3n) is 4.53. The summed E-state index contributed by atoms with van der Waals surface area (Å²) in [6.45, 7) is 0.927. The Morgan fingerprint density at radius 3 is 2.65 bits per heavy atom. The predicted octanol–water partition coefficient (Wildman–Crippen LogP) is 5.04. The van der Waals surface area contributed by atoms with Gasteiger partial charge >= 0.3 is 0 Å². The van der Waals surface area contributed by atoms with Crippen molar-refractivity contribution in [2.75, 3.05) is 11.4 Å². The zero-order valence-corrected chi connectivity index (χ0v) is 14.1. The maximum atomic E-state index is 6.21. The lowest BCUT2D eigenvalue weighted by Gasteiger charge is -2.20. The van der Waals surface area contributed by atoms with E-state index in [1.807, 2.05) is 6.07 Å². The van der Waals surface area contributed by atoms with Crippen LogP contribution >= 0.6 is 11.9 Å². The molecule has 0 atom stereocenters. The lowest BCUT2D eigenvalue weighted by Crippen LogP contribution is -2.13. The molecule has 1 heterocycles. The molecule has 2 aromatic rings. The summed E-state index contributed by atoms with van der Waals surface area (Å²) in [7, 11) is 1.71. The van der Waals surface area contributed by atoms with Crippen LogP contribution in [0.1, 0.15) is 31.2 Å². The molecule has 0 bridgehead atoms. The zero-order chi connectivity index (χ0) is 15.6. The van der Waals surface area contributed by atoms with E-state index in [0.29, 0.717) is 6.10 Å². The molecule has 4 rings (SSSR count). The van der Waals surface area contributed by atoms with Crippen LogP contribution in [0.3, 0.4) is 0 Å². The lowest BCUT2D eigenvalue weighted by molar-refractivity contribution is 0.201. The van der Waals surface area contributed by atoms with E-state index in [1.54, 1.807) is 19.1 Å². The standard InChI is InChI=1S/C19H21NO2S/c1-21-17-11-10-15(12-18(17)22-16-7-3-4-8-16)20-13-14-6-2-5-9-19(14)23-20/h2,5-6,9-12,16H,3-4,7-8,13H2,1H3. The molecular weight excluding hydrogens is 306 g/mol. The van der Waals surface area contributed by atoms with E-state index < -0.39 is 0 Å². The molecule has 0 amide bonds. The van der Waals surface area contributed by atoms with E-state index in [4.69, 9.17) is 9.47 Å². The van der Waals surface area contributed by atoms with Gasteiger partial charge in [0, 0.05) is 11.0 Å². The molecule has 1 aliphatic carbocycles.